The number of nitro benzene ring substituents is 1. The number of amides is 1. The number of carbonyl (C=O) groups is 1. The fourth-order valence-electron chi connectivity index (χ4n) is 4.78. The fraction of sp³-hybridized carbons (Fsp3) is 0.179. The molecule has 1 amide bonds. The van der Waals surface area contributed by atoms with Crippen LogP contribution in [0.4, 0.5) is 11.4 Å². The van der Waals surface area contributed by atoms with Gasteiger partial charge in [-0.3, -0.25) is 19.9 Å². The zero-order valence-electron chi connectivity index (χ0n) is 21.1. The normalized spacial score (nSPS) is 16.5. The van der Waals surface area contributed by atoms with Gasteiger partial charge in [-0.25, -0.2) is 0 Å². The second-order valence-electron chi connectivity index (χ2n) is 8.90. The quantitative estimate of drug-likeness (QED) is 0.176. The summed E-state index contributed by atoms with van der Waals surface area (Å²) in [6.45, 7) is 0.334. The first-order chi connectivity index (χ1) is 19.0. The van der Waals surface area contributed by atoms with E-state index in [0.29, 0.717) is 28.8 Å². The number of aromatic nitrogens is 2. The third-order valence-electron chi connectivity index (χ3n) is 6.56. The highest BCUT2D eigenvalue weighted by Gasteiger charge is 2.41. The van der Waals surface area contributed by atoms with Crippen LogP contribution in [0.1, 0.15) is 29.9 Å². The number of pyridine rings is 1. The summed E-state index contributed by atoms with van der Waals surface area (Å²) in [7, 11) is 1.55. The molecule has 11 heteroatoms. The standard InChI is InChI=1S/C28H26N6O4S/c1-38-24-13-3-2-10-21(24)30-25(35)14-17-33-27(26(31-28(33)39)22-11-4-5-15-29-22)23-12-7-16-32(23)19-8-6-9-20(18-19)34(36)37/h2-13,15-16,18,26-27H,14,17H2,1H3,(H,30,35)(H,31,39)/t26-,27-/m1/s1. The van der Waals surface area contributed by atoms with Crippen LogP contribution in [-0.4, -0.2) is 44.0 Å². The Morgan fingerprint density at radius 3 is 2.72 bits per heavy atom. The molecule has 0 spiro atoms. The molecule has 4 aromatic rings. The van der Waals surface area contributed by atoms with E-state index in [1.807, 2.05) is 64.2 Å². The van der Waals surface area contributed by atoms with Crippen LogP contribution in [0.3, 0.4) is 0 Å². The van der Waals surface area contributed by atoms with E-state index in [9.17, 15) is 14.9 Å². The van der Waals surface area contributed by atoms with Gasteiger partial charge < -0.3 is 24.8 Å². The molecule has 2 atom stereocenters. The second-order valence-corrected chi connectivity index (χ2v) is 9.29. The summed E-state index contributed by atoms with van der Waals surface area (Å²) in [4.78, 5) is 30.5. The van der Waals surface area contributed by atoms with Gasteiger partial charge in [0.25, 0.3) is 5.69 Å². The second kappa shape index (κ2) is 11.3. The molecule has 3 heterocycles. The summed E-state index contributed by atoms with van der Waals surface area (Å²) in [6, 6.07) is 22.6. The molecule has 198 valence electrons. The highest BCUT2D eigenvalue weighted by atomic mass is 32.1. The molecule has 0 bridgehead atoms. The Morgan fingerprint density at radius 1 is 1.13 bits per heavy atom. The van der Waals surface area contributed by atoms with E-state index in [1.165, 1.54) is 12.1 Å². The number of nitrogens with one attached hydrogen (secondary N) is 2. The molecule has 2 aromatic heterocycles. The number of para-hydroxylation sites is 2. The minimum atomic E-state index is -0.414. The molecule has 2 aromatic carbocycles. The molecule has 0 saturated carbocycles. The monoisotopic (exact) mass is 542 g/mol. The first-order valence-electron chi connectivity index (χ1n) is 12.3. The van der Waals surface area contributed by atoms with Crippen LogP contribution in [0.2, 0.25) is 0 Å². The first kappa shape index (κ1) is 25.9. The molecule has 1 aliphatic heterocycles. The number of methoxy groups -OCH3 is 1. The van der Waals surface area contributed by atoms with Crippen molar-refractivity contribution >= 4 is 34.6 Å². The van der Waals surface area contributed by atoms with Crippen LogP contribution in [-0.2, 0) is 4.79 Å². The summed E-state index contributed by atoms with van der Waals surface area (Å²) in [5, 5.41) is 18.2. The van der Waals surface area contributed by atoms with Gasteiger partial charge >= 0.3 is 0 Å². The van der Waals surface area contributed by atoms with Gasteiger partial charge in [-0.1, -0.05) is 24.3 Å². The highest BCUT2D eigenvalue weighted by molar-refractivity contribution is 7.80. The SMILES string of the molecule is COc1ccccc1NC(=O)CCN1C(=S)N[C@H](c2ccccn2)[C@H]1c1cccn1-c1cccc([N+](=O)[O-])c1. The maximum absolute atomic E-state index is 12.9. The number of hydrogen-bond acceptors (Lipinski definition) is 6. The number of carbonyl (C=O) groups excluding carboxylic acids is 1. The van der Waals surface area contributed by atoms with Crippen LogP contribution >= 0.6 is 12.2 Å². The maximum atomic E-state index is 12.9. The Labute approximate surface area is 230 Å². The van der Waals surface area contributed by atoms with Crippen molar-refractivity contribution in [3.05, 3.63) is 113 Å². The lowest BCUT2D eigenvalue weighted by atomic mass is 10.0. The third-order valence-corrected chi connectivity index (χ3v) is 6.91. The van der Waals surface area contributed by atoms with Gasteiger partial charge in [-0.05, 0) is 54.7 Å². The lowest BCUT2D eigenvalue weighted by molar-refractivity contribution is -0.384. The lowest BCUT2D eigenvalue weighted by Crippen LogP contribution is -2.33. The molecule has 1 aliphatic rings. The molecular formula is C28H26N6O4S. The zero-order valence-corrected chi connectivity index (χ0v) is 21.9. The molecule has 5 rings (SSSR count). The van der Waals surface area contributed by atoms with Crippen LogP contribution < -0.4 is 15.4 Å². The average molecular weight is 543 g/mol. The number of rotatable bonds is 9. The van der Waals surface area contributed by atoms with Crippen molar-refractivity contribution in [2.24, 2.45) is 0 Å². The van der Waals surface area contributed by atoms with Crippen molar-refractivity contribution in [1.29, 1.82) is 0 Å². The van der Waals surface area contributed by atoms with Gasteiger partial charge in [-0.15, -0.1) is 0 Å². The first-order valence-corrected chi connectivity index (χ1v) is 12.7. The Kier molecular flexibility index (Phi) is 7.50. The van der Waals surface area contributed by atoms with Crippen molar-refractivity contribution in [3.8, 4) is 11.4 Å². The Morgan fingerprint density at radius 2 is 1.95 bits per heavy atom. The zero-order chi connectivity index (χ0) is 27.4. The van der Waals surface area contributed by atoms with Crippen LogP contribution in [0.5, 0.6) is 5.75 Å². The van der Waals surface area contributed by atoms with E-state index in [-0.39, 0.29) is 30.1 Å². The number of nitrogens with zero attached hydrogens (tertiary/aromatic N) is 4. The minimum absolute atomic E-state index is 0.00152. The molecule has 0 unspecified atom stereocenters. The Bertz CT molecular complexity index is 1510. The van der Waals surface area contributed by atoms with Gasteiger partial charge in [0.1, 0.15) is 5.75 Å². The molecule has 10 nitrogen and oxygen atoms in total. The molecule has 2 N–H and O–H groups in total. The summed E-state index contributed by atoms with van der Waals surface area (Å²) >= 11 is 5.74. The van der Waals surface area contributed by atoms with Crippen LogP contribution in [0.25, 0.3) is 5.69 Å². The number of benzene rings is 2. The number of thiocarbonyl (C=S) groups is 1. The number of nitro groups is 1. The number of non-ortho nitro benzene ring substituents is 1. The maximum Gasteiger partial charge on any atom is 0.271 e. The minimum Gasteiger partial charge on any atom is -0.495 e. The van der Waals surface area contributed by atoms with Gasteiger partial charge in [-0.2, -0.15) is 0 Å². The van der Waals surface area contributed by atoms with Crippen molar-refractivity contribution in [1.82, 2.24) is 19.8 Å². The summed E-state index contributed by atoms with van der Waals surface area (Å²) < 4.78 is 7.25. The lowest BCUT2D eigenvalue weighted by Gasteiger charge is -2.28. The molecule has 0 aliphatic carbocycles. The van der Waals surface area contributed by atoms with E-state index in [0.717, 1.165) is 11.4 Å². The van der Waals surface area contributed by atoms with Crippen molar-refractivity contribution < 1.29 is 14.5 Å². The Hall–Kier alpha value is -4.77. The summed E-state index contributed by atoms with van der Waals surface area (Å²) in [6.07, 6.45) is 3.75. The molecule has 1 saturated heterocycles. The fourth-order valence-corrected chi connectivity index (χ4v) is 5.11. The van der Waals surface area contributed by atoms with Crippen molar-refractivity contribution in [2.75, 3.05) is 19.0 Å². The van der Waals surface area contributed by atoms with Gasteiger partial charge in [0, 0.05) is 43.2 Å². The number of anilines is 1. The van der Waals surface area contributed by atoms with Crippen LogP contribution in [0.15, 0.2) is 91.3 Å². The predicted molar refractivity (Wildman–Crippen MR) is 151 cm³/mol. The van der Waals surface area contributed by atoms with E-state index in [1.54, 1.807) is 31.5 Å². The highest BCUT2D eigenvalue weighted by Crippen LogP contribution is 2.40. The number of hydrogen-bond donors (Lipinski definition) is 2. The average Bonchev–Trinajstić information content (AvgIpc) is 3.57. The summed E-state index contributed by atoms with van der Waals surface area (Å²) in [5.41, 5.74) is 2.88. The summed E-state index contributed by atoms with van der Waals surface area (Å²) in [5.74, 6) is 0.392. The number of ether oxygens (including phenoxy) is 1. The van der Waals surface area contributed by atoms with Crippen molar-refractivity contribution in [2.45, 2.75) is 18.5 Å². The smallest absolute Gasteiger partial charge is 0.271 e. The van der Waals surface area contributed by atoms with E-state index >= 15 is 0 Å². The molecule has 39 heavy (non-hydrogen) atoms. The third kappa shape index (κ3) is 5.43. The topological polar surface area (TPSA) is 115 Å². The largest absolute Gasteiger partial charge is 0.495 e. The molecule has 0 radical (unpaired) electrons. The predicted octanol–water partition coefficient (Wildman–Crippen LogP) is 4.79. The van der Waals surface area contributed by atoms with Crippen LogP contribution in [0, 0.1) is 10.1 Å². The van der Waals surface area contributed by atoms with Gasteiger partial charge in [0.2, 0.25) is 5.91 Å². The van der Waals surface area contributed by atoms with Crippen molar-refractivity contribution in [3.63, 3.8) is 0 Å². The Balaban J connectivity index is 1.46. The van der Waals surface area contributed by atoms with E-state index < -0.39 is 4.92 Å². The van der Waals surface area contributed by atoms with Gasteiger partial charge in [0.05, 0.1) is 41.2 Å². The van der Waals surface area contributed by atoms with E-state index in [4.69, 9.17) is 17.0 Å². The molecular weight excluding hydrogens is 516 g/mol. The van der Waals surface area contributed by atoms with E-state index in [2.05, 4.69) is 15.6 Å². The van der Waals surface area contributed by atoms with Gasteiger partial charge in [0.15, 0.2) is 5.11 Å². The molecule has 1 fully saturated rings.